The average Bonchev–Trinajstić information content (AvgIpc) is 2.72. The number of fused-ring (bicyclic) bond motifs is 7. The van der Waals surface area contributed by atoms with Crippen molar-refractivity contribution in [3.63, 3.8) is 0 Å². The first-order valence-corrected chi connectivity index (χ1v) is 14.1. The Labute approximate surface area is 204 Å². The first kappa shape index (κ1) is 24.4. The number of aliphatic hydroxyl groups is 1. The molecule has 0 radical (unpaired) electrons. The molecule has 5 aliphatic rings. The summed E-state index contributed by atoms with van der Waals surface area (Å²) in [5.41, 5.74) is 3.39. The molecule has 5 rings (SSSR count). The van der Waals surface area contributed by atoms with E-state index in [9.17, 15) is 5.11 Å². The largest absolute Gasteiger partial charge is 0.393 e. The van der Waals surface area contributed by atoms with Gasteiger partial charge in [0.2, 0.25) is 0 Å². The van der Waals surface area contributed by atoms with Crippen LogP contribution in [0.3, 0.4) is 0 Å². The minimum atomic E-state index is -0.175. The molecule has 0 bridgehead atoms. The summed E-state index contributed by atoms with van der Waals surface area (Å²) in [5, 5.41) is 11.0. The highest BCUT2D eigenvalue weighted by Gasteiger charge is 2.69. The molecule has 0 aromatic heterocycles. The minimum Gasteiger partial charge on any atom is -0.393 e. The van der Waals surface area contributed by atoms with Crippen molar-refractivity contribution in [2.75, 3.05) is 7.11 Å². The molecule has 9 atom stereocenters. The molecule has 0 spiro atoms. The molecule has 33 heavy (non-hydrogen) atoms. The van der Waals surface area contributed by atoms with E-state index in [2.05, 4.69) is 61.5 Å². The standard InChI is InChI=1S/C31H52O2/c1-26(2)14-15-28(5)16-17-30(7)20(21(28)19-26)18-22(33-9)25-29(6)12-11-24(32)27(3,4)23(29)10-13-31(25,30)8/h18,21-25,32H,10-17,19H2,1-9H3/t21-,22+,23-,24-,25+,28+,29-,30+,31+/m1/s1. The van der Waals surface area contributed by atoms with Crippen molar-refractivity contribution in [2.45, 2.75) is 125 Å². The molecule has 5 aliphatic carbocycles. The van der Waals surface area contributed by atoms with Gasteiger partial charge in [0.1, 0.15) is 0 Å². The molecule has 2 heteroatoms. The second-order valence-corrected chi connectivity index (χ2v) is 15.6. The molecule has 0 heterocycles. The summed E-state index contributed by atoms with van der Waals surface area (Å²) < 4.78 is 6.45. The lowest BCUT2D eigenvalue weighted by Crippen LogP contribution is -2.67. The van der Waals surface area contributed by atoms with E-state index in [0.717, 1.165) is 12.8 Å². The van der Waals surface area contributed by atoms with Gasteiger partial charge in [0.15, 0.2) is 0 Å². The number of ether oxygens (including phenoxy) is 1. The van der Waals surface area contributed by atoms with E-state index in [-0.39, 0.29) is 33.9 Å². The fourth-order valence-electron chi connectivity index (χ4n) is 10.8. The molecule has 2 nitrogen and oxygen atoms in total. The molecule has 0 aromatic rings. The maximum atomic E-state index is 11.0. The number of aliphatic hydroxyl groups excluding tert-OH is 1. The molecule has 4 saturated carbocycles. The predicted molar refractivity (Wildman–Crippen MR) is 137 cm³/mol. The predicted octanol–water partition coefficient (Wildman–Crippen LogP) is 7.79. The van der Waals surface area contributed by atoms with Crippen LogP contribution in [0.5, 0.6) is 0 Å². The van der Waals surface area contributed by atoms with Crippen LogP contribution in [-0.4, -0.2) is 24.4 Å². The van der Waals surface area contributed by atoms with Gasteiger partial charge in [-0.25, -0.2) is 0 Å². The molecule has 0 aliphatic heterocycles. The molecule has 0 unspecified atom stereocenters. The van der Waals surface area contributed by atoms with E-state index in [1.54, 1.807) is 5.57 Å². The van der Waals surface area contributed by atoms with Crippen LogP contribution in [0, 0.1) is 50.2 Å². The van der Waals surface area contributed by atoms with Gasteiger partial charge >= 0.3 is 0 Å². The van der Waals surface area contributed by atoms with Crippen LogP contribution in [-0.2, 0) is 4.74 Å². The van der Waals surface area contributed by atoms with E-state index >= 15 is 0 Å². The van der Waals surface area contributed by atoms with E-state index in [4.69, 9.17) is 4.74 Å². The summed E-state index contributed by atoms with van der Waals surface area (Å²) in [7, 11) is 1.97. The first-order valence-electron chi connectivity index (χ1n) is 14.1. The minimum absolute atomic E-state index is 0.0178. The van der Waals surface area contributed by atoms with Gasteiger partial charge in [0.05, 0.1) is 12.2 Å². The van der Waals surface area contributed by atoms with Crippen LogP contribution in [0.25, 0.3) is 0 Å². The van der Waals surface area contributed by atoms with E-state index in [0.29, 0.717) is 28.6 Å². The Hall–Kier alpha value is -0.340. The molecule has 0 aromatic carbocycles. The third-order valence-corrected chi connectivity index (χ3v) is 13.2. The molecule has 0 saturated heterocycles. The first-order chi connectivity index (χ1) is 15.1. The third-order valence-electron chi connectivity index (χ3n) is 13.2. The number of hydrogen-bond acceptors (Lipinski definition) is 2. The van der Waals surface area contributed by atoms with Crippen molar-refractivity contribution >= 4 is 0 Å². The van der Waals surface area contributed by atoms with Gasteiger partial charge in [0.25, 0.3) is 0 Å². The zero-order chi connectivity index (χ0) is 24.2. The molecule has 1 N–H and O–H groups in total. The second kappa shape index (κ2) is 7.12. The fourth-order valence-corrected chi connectivity index (χ4v) is 10.8. The molecular weight excluding hydrogens is 404 g/mol. The van der Waals surface area contributed by atoms with Gasteiger partial charge in [-0.2, -0.15) is 0 Å². The van der Waals surface area contributed by atoms with Crippen molar-refractivity contribution in [2.24, 2.45) is 50.2 Å². The summed E-state index contributed by atoms with van der Waals surface area (Å²) in [4.78, 5) is 0. The zero-order valence-electron chi connectivity index (χ0n) is 23.2. The smallest absolute Gasteiger partial charge is 0.0793 e. The van der Waals surface area contributed by atoms with Gasteiger partial charge in [-0.1, -0.05) is 67.0 Å². The number of allylic oxidation sites excluding steroid dienone is 1. The third kappa shape index (κ3) is 3.04. The van der Waals surface area contributed by atoms with Crippen molar-refractivity contribution in [3.8, 4) is 0 Å². The molecular formula is C31H52O2. The number of hydrogen-bond donors (Lipinski definition) is 1. The highest BCUT2D eigenvalue weighted by Crippen LogP contribution is 2.75. The molecule has 0 amide bonds. The monoisotopic (exact) mass is 456 g/mol. The Kier molecular flexibility index (Phi) is 5.25. The van der Waals surface area contributed by atoms with Crippen LogP contribution in [0.1, 0.15) is 113 Å². The Morgan fingerprint density at radius 3 is 2.18 bits per heavy atom. The summed E-state index contributed by atoms with van der Waals surface area (Å²) >= 11 is 0. The summed E-state index contributed by atoms with van der Waals surface area (Å²) in [5.74, 6) is 1.78. The maximum Gasteiger partial charge on any atom is 0.0793 e. The van der Waals surface area contributed by atoms with E-state index in [1.807, 2.05) is 7.11 Å². The summed E-state index contributed by atoms with van der Waals surface area (Å²) in [6.45, 7) is 20.2. The van der Waals surface area contributed by atoms with Crippen LogP contribution < -0.4 is 0 Å². The lowest BCUT2D eigenvalue weighted by atomic mass is 9.33. The van der Waals surface area contributed by atoms with Crippen molar-refractivity contribution in [3.05, 3.63) is 11.6 Å². The fraction of sp³-hybridized carbons (Fsp3) is 0.935. The highest BCUT2D eigenvalue weighted by atomic mass is 16.5. The van der Waals surface area contributed by atoms with Crippen molar-refractivity contribution in [1.29, 1.82) is 0 Å². The maximum absolute atomic E-state index is 11.0. The topological polar surface area (TPSA) is 29.5 Å². The Morgan fingerprint density at radius 1 is 0.848 bits per heavy atom. The van der Waals surface area contributed by atoms with Gasteiger partial charge in [-0.05, 0) is 102 Å². The Balaban J connectivity index is 1.65. The van der Waals surface area contributed by atoms with Gasteiger partial charge < -0.3 is 9.84 Å². The molecule has 188 valence electrons. The normalized spacial score (nSPS) is 54.8. The van der Waals surface area contributed by atoms with E-state index < -0.39 is 0 Å². The number of rotatable bonds is 1. The summed E-state index contributed by atoms with van der Waals surface area (Å²) in [6, 6.07) is 0. The van der Waals surface area contributed by atoms with Crippen LogP contribution >= 0.6 is 0 Å². The second-order valence-electron chi connectivity index (χ2n) is 15.6. The zero-order valence-corrected chi connectivity index (χ0v) is 23.2. The van der Waals surface area contributed by atoms with Gasteiger partial charge in [0, 0.05) is 13.0 Å². The van der Waals surface area contributed by atoms with E-state index in [1.165, 1.54) is 44.9 Å². The average molecular weight is 457 g/mol. The van der Waals surface area contributed by atoms with Crippen LogP contribution in [0.2, 0.25) is 0 Å². The number of methoxy groups -OCH3 is 1. The van der Waals surface area contributed by atoms with Gasteiger partial charge in [-0.3, -0.25) is 0 Å². The van der Waals surface area contributed by atoms with Crippen LogP contribution in [0.15, 0.2) is 11.6 Å². The van der Waals surface area contributed by atoms with Crippen LogP contribution in [0.4, 0.5) is 0 Å². The quantitative estimate of drug-likeness (QED) is 0.408. The Morgan fingerprint density at radius 2 is 1.52 bits per heavy atom. The van der Waals surface area contributed by atoms with Gasteiger partial charge in [-0.15, -0.1) is 0 Å². The SMILES string of the molecule is CO[C@H]1C=C2[C@H]3CC(C)(C)CC[C@@]3(C)CC[C@]2(C)[C@@]2(C)CC[C@@H]3C(C)(C)[C@H](O)CC[C@@]3(C)[C@H]12. The lowest BCUT2D eigenvalue weighted by Gasteiger charge is -2.72. The van der Waals surface area contributed by atoms with Crippen molar-refractivity contribution < 1.29 is 9.84 Å². The lowest BCUT2D eigenvalue weighted by molar-refractivity contribution is -0.228. The summed E-state index contributed by atoms with van der Waals surface area (Å²) in [6.07, 6.45) is 14.1. The van der Waals surface area contributed by atoms with Crippen molar-refractivity contribution in [1.82, 2.24) is 0 Å². The Bertz CT molecular complexity index is 840. The highest BCUT2D eigenvalue weighted by molar-refractivity contribution is 5.35. The molecule has 4 fully saturated rings.